The van der Waals surface area contributed by atoms with Gasteiger partial charge < -0.3 is 5.32 Å². The molecule has 0 amide bonds. The largest absolute Gasteiger partial charge is 0.316 e. The molecule has 1 rings (SSSR count). The van der Waals surface area contributed by atoms with E-state index in [0.29, 0.717) is 17.3 Å². The minimum absolute atomic E-state index is 0.410. The lowest BCUT2D eigenvalue weighted by atomic mass is 9.85. The molecule has 1 aromatic rings. The van der Waals surface area contributed by atoms with Gasteiger partial charge in [0.2, 0.25) is 0 Å². The Bertz CT molecular complexity index is 367. The number of unbranched alkanes of at least 4 members (excludes halogenated alkanes) is 2. The van der Waals surface area contributed by atoms with Crippen molar-refractivity contribution in [3.05, 3.63) is 35.9 Å². The fourth-order valence-electron chi connectivity index (χ4n) is 2.95. The fraction of sp³-hybridized carbons (Fsp3) is 0.700. The lowest BCUT2D eigenvalue weighted by molar-refractivity contribution is 0.294. The van der Waals surface area contributed by atoms with E-state index in [1.54, 1.807) is 0 Å². The van der Waals surface area contributed by atoms with Gasteiger partial charge in [0.15, 0.2) is 0 Å². The standard InChI is InChI=1S/C20H35N/c1-6-7-11-14-20(4,5)16-21-15-19(17(2)3)18-12-9-8-10-13-18/h8-10,12-13,17,19,21H,6-7,11,14-16H2,1-5H3. The molecule has 0 saturated heterocycles. The molecule has 1 heteroatoms. The zero-order chi connectivity index (χ0) is 15.7. The summed E-state index contributed by atoms with van der Waals surface area (Å²) in [5, 5.41) is 3.73. The van der Waals surface area contributed by atoms with Gasteiger partial charge in [0.1, 0.15) is 0 Å². The number of hydrogen-bond donors (Lipinski definition) is 1. The van der Waals surface area contributed by atoms with Gasteiger partial charge in [-0.05, 0) is 29.2 Å². The minimum Gasteiger partial charge on any atom is -0.316 e. The second kappa shape index (κ2) is 9.25. The van der Waals surface area contributed by atoms with Crippen molar-refractivity contribution in [1.82, 2.24) is 5.32 Å². The van der Waals surface area contributed by atoms with Crippen molar-refractivity contribution in [2.45, 2.75) is 66.2 Å². The molecule has 0 fully saturated rings. The maximum atomic E-state index is 3.73. The summed E-state index contributed by atoms with van der Waals surface area (Å²) in [7, 11) is 0. The Hall–Kier alpha value is -0.820. The van der Waals surface area contributed by atoms with E-state index in [0.717, 1.165) is 13.1 Å². The summed E-state index contributed by atoms with van der Waals surface area (Å²) in [6.45, 7) is 13.9. The lowest BCUT2D eigenvalue weighted by Crippen LogP contribution is -2.33. The van der Waals surface area contributed by atoms with Gasteiger partial charge in [0, 0.05) is 13.1 Å². The molecular weight excluding hydrogens is 254 g/mol. The third-order valence-electron chi connectivity index (χ3n) is 4.46. The van der Waals surface area contributed by atoms with Crippen molar-refractivity contribution in [2.24, 2.45) is 11.3 Å². The molecule has 1 nitrogen and oxygen atoms in total. The summed E-state index contributed by atoms with van der Waals surface area (Å²) >= 11 is 0. The summed E-state index contributed by atoms with van der Waals surface area (Å²) in [4.78, 5) is 0. The first-order valence-electron chi connectivity index (χ1n) is 8.72. The number of nitrogens with one attached hydrogen (secondary N) is 1. The molecule has 0 bridgehead atoms. The average molecular weight is 290 g/mol. The first-order valence-corrected chi connectivity index (χ1v) is 8.72. The highest BCUT2D eigenvalue weighted by Crippen LogP contribution is 2.25. The summed E-state index contributed by atoms with van der Waals surface area (Å²) in [6.07, 6.45) is 5.36. The predicted octanol–water partition coefficient (Wildman–Crippen LogP) is 5.62. The van der Waals surface area contributed by atoms with E-state index in [4.69, 9.17) is 0 Å². The van der Waals surface area contributed by atoms with Gasteiger partial charge in [0.05, 0.1) is 0 Å². The third-order valence-corrected chi connectivity index (χ3v) is 4.46. The van der Waals surface area contributed by atoms with Crippen molar-refractivity contribution in [3.8, 4) is 0 Å². The minimum atomic E-state index is 0.410. The maximum Gasteiger partial charge on any atom is 0.00228 e. The fourth-order valence-corrected chi connectivity index (χ4v) is 2.95. The molecule has 0 aliphatic rings. The first-order chi connectivity index (χ1) is 9.96. The highest BCUT2D eigenvalue weighted by molar-refractivity contribution is 5.20. The van der Waals surface area contributed by atoms with Crippen LogP contribution in [0.4, 0.5) is 0 Å². The molecule has 0 radical (unpaired) electrons. The Kier molecular flexibility index (Phi) is 8.03. The molecule has 0 aromatic heterocycles. The summed E-state index contributed by atoms with van der Waals surface area (Å²) in [6, 6.07) is 10.9. The number of hydrogen-bond acceptors (Lipinski definition) is 1. The van der Waals surface area contributed by atoms with Crippen LogP contribution in [0.1, 0.15) is 71.8 Å². The van der Waals surface area contributed by atoms with Gasteiger partial charge in [-0.3, -0.25) is 0 Å². The molecule has 1 aromatic carbocycles. The topological polar surface area (TPSA) is 12.0 Å². The summed E-state index contributed by atoms with van der Waals surface area (Å²) in [5.74, 6) is 1.28. The van der Waals surface area contributed by atoms with Gasteiger partial charge in [-0.25, -0.2) is 0 Å². The van der Waals surface area contributed by atoms with Crippen LogP contribution >= 0.6 is 0 Å². The van der Waals surface area contributed by atoms with Crippen LogP contribution < -0.4 is 5.32 Å². The first kappa shape index (κ1) is 18.2. The van der Waals surface area contributed by atoms with E-state index >= 15 is 0 Å². The predicted molar refractivity (Wildman–Crippen MR) is 94.8 cm³/mol. The zero-order valence-corrected chi connectivity index (χ0v) is 14.8. The summed E-state index contributed by atoms with van der Waals surface area (Å²) in [5.41, 5.74) is 1.87. The van der Waals surface area contributed by atoms with Crippen molar-refractivity contribution in [3.63, 3.8) is 0 Å². The highest BCUT2D eigenvalue weighted by atomic mass is 14.9. The summed E-state index contributed by atoms with van der Waals surface area (Å²) < 4.78 is 0. The van der Waals surface area contributed by atoms with Crippen LogP contribution in [0, 0.1) is 11.3 Å². The molecule has 21 heavy (non-hydrogen) atoms. The number of benzene rings is 1. The maximum absolute atomic E-state index is 3.73. The van der Waals surface area contributed by atoms with Crippen LogP contribution in [0.2, 0.25) is 0 Å². The van der Waals surface area contributed by atoms with Crippen molar-refractivity contribution < 1.29 is 0 Å². The molecule has 1 N–H and O–H groups in total. The Morgan fingerprint density at radius 3 is 2.29 bits per heavy atom. The van der Waals surface area contributed by atoms with Gasteiger partial charge in [-0.2, -0.15) is 0 Å². The normalized spacial score (nSPS) is 13.6. The van der Waals surface area contributed by atoms with Crippen LogP contribution in [-0.4, -0.2) is 13.1 Å². The molecule has 0 heterocycles. The van der Waals surface area contributed by atoms with E-state index in [9.17, 15) is 0 Å². The van der Waals surface area contributed by atoms with Crippen LogP contribution in [0.25, 0.3) is 0 Å². The molecular formula is C20H35N. The third kappa shape index (κ3) is 7.13. The SMILES string of the molecule is CCCCCC(C)(C)CNCC(c1ccccc1)C(C)C. The van der Waals surface area contributed by atoms with Crippen LogP contribution in [-0.2, 0) is 0 Å². The lowest BCUT2D eigenvalue weighted by Gasteiger charge is -2.28. The van der Waals surface area contributed by atoms with Crippen molar-refractivity contribution in [1.29, 1.82) is 0 Å². The van der Waals surface area contributed by atoms with Gasteiger partial charge >= 0.3 is 0 Å². The molecule has 0 aliphatic heterocycles. The molecule has 0 saturated carbocycles. The molecule has 1 atom stereocenters. The second-order valence-electron chi connectivity index (χ2n) is 7.51. The van der Waals surface area contributed by atoms with E-state index in [1.807, 2.05) is 0 Å². The Morgan fingerprint density at radius 2 is 1.71 bits per heavy atom. The van der Waals surface area contributed by atoms with Gasteiger partial charge in [0.25, 0.3) is 0 Å². The van der Waals surface area contributed by atoms with Gasteiger partial charge in [-0.1, -0.05) is 84.2 Å². The van der Waals surface area contributed by atoms with Crippen LogP contribution in [0.15, 0.2) is 30.3 Å². The average Bonchev–Trinajstić information content (AvgIpc) is 2.44. The Morgan fingerprint density at radius 1 is 1.05 bits per heavy atom. The highest BCUT2D eigenvalue weighted by Gasteiger charge is 2.19. The monoisotopic (exact) mass is 289 g/mol. The van der Waals surface area contributed by atoms with E-state index in [1.165, 1.54) is 31.2 Å². The van der Waals surface area contributed by atoms with Crippen LogP contribution in [0.3, 0.4) is 0 Å². The Labute approximate surface area is 132 Å². The van der Waals surface area contributed by atoms with Crippen LogP contribution in [0.5, 0.6) is 0 Å². The van der Waals surface area contributed by atoms with E-state index in [-0.39, 0.29) is 0 Å². The Balaban J connectivity index is 2.44. The second-order valence-corrected chi connectivity index (χ2v) is 7.51. The van der Waals surface area contributed by atoms with E-state index in [2.05, 4.69) is 70.3 Å². The van der Waals surface area contributed by atoms with Gasteiger partial charge in [-0.15, -0.1) is 0 Å². The molecule has 0 spiro atoms. The van der Waals surface area contributed by atoms with Crippen molar-refractivity contribution in [2.75, 3.05) is 13.1 Å². The molecule has 0 aliphatic carbocycles. The number of rotatable bonds is 10. The quantitative estimate of drug-likeness (QED) is 0.551. The zero-order valence-electron chi connectivity index (χ0n) is 14.8. The molecule has 120 valence electrons. The van der Waals surface area contributed by atoms with Crippen molar-refractivity contribution >= 4 is 0 Å². The smallest absolute Gasteiger partial charge is 0.00228 e. The van der Waals surface area contributed by atoms with E-state index < -0.39 is 0 Å². The molecule has 1 unspecified atom stereocenters.